The van der Waals surface area contributed by atoms with Crippen molar-refractivity contribution in [2.45, 2.75) is 109 Å². The van der Waals surface area contributed by atoms with E-state index in [0.29, 0.717) is 23.0 Å². The molecule has 0 aliphatic carbocycles. The maximum atomic E-state index is 11.4. The molecule has 0 saturated heterocycles. The molecule has 5 heteroatoms. The Balaban J connectivity index is 2.37. The molecule has 37 heavy (non-hydrogen) atoms. The Hall–Kier alpha value is -1.51. The van der Waals surface area contributed by atoms with Crippen molar-refractivity contribution in [3.05, 3.63) is 73.3 Å². The lowest BCUT2D eigenvalue weighted by Crippen LogP contribution is -2.67. The zero-order chi connectivity index (χ0) is 27.9. The first-order chi connectivity index (χ1) is 17.3. The van der Waals surface area contributed by atoms with Crippen molar-refractivity contribution in [3.63, 3.8) is 0 Å². The molecule has 0 unspecified atom stereocenters. The van der Waals surface area contributed by atoms with E-state index >= 15 is 0 Å². The molecule has 2 aromatic carbocycles. The van der Waals surface area contributed by atoms with E-state index in [1.807, 2.05) is 6.08 Å². The van der Waals surface area contributed by atoms with Crippen molar-refractivity contribution in [2.75, 3.05) is 6.61 Å². The lowest BCUT2D eigenvalue weighted by atomic mass is 10.1. The van der Waals surface area contributed by atoms with Crippen LogP contribution in [0.3, 0.4) is 0 Å². The molecule has 0 saturated carbocycles. The number of benzene rings is 2. The van der Waals surface area contributed by atoms with Gasteiger partial charge in [-0.25, -0.2) is 0 Å². The first-order valence-corrected chi connectivity index (χ1v) is 18.1. The summed E-state index contributed by atoms with van der Waals surface area (Å²) in [4.78, 5) is 0. The van der Waals surface area contributed by atoms with Crippen LogP contribution in [-0.4, -0.2) is 40.6 Å². The Morgan fingerprint density at radius 3 is 1.59 bits per heavy atom. The van der Waals surface area contributed by atoms with E-state index in [1.165, 1.54) is 10.4 Å². The number of hydrogen-bond donors (Lipinski definition) is 1. The maximum Gasteiger partial charge on any atom is 0.261 e. The summed E-state index contributed by atoms with van der Waals surface area (Å²) in [6.45, 7) is 24.9. The van der Waals surface area contributed by atoms with E-state index in [4.69, 9.17) is 8.85 Å². The summed E-state index contributed by atoms with van der Waals surface area (Å²) in [7, 11) is -4.77. The highest BCUT2D eigenvalue weighted by atomic mass is 28.4. The normalized spacial score (nSPS) is 14.8. The van der Waals surface area contributed by atoms with Gasteiger partial charge < -0.3 is 14.0 Å². The van der Waals surface area contributed by atoms with Crippen molar-refractivity contribution < 1.29 is 14.0 Å². The van der Waals surface area contributed by atoms with E-state index in [-0.39, 0.29) is 17.7 Å². The minimum Gasteiger partial charge on any atom is -0.413 e. The van der Waals surface area contributed by atoms with Crippen molar-refractivity contribution >= 4 is 27.0 Å². The van der Waals surface area contributed by atoms with E-state index in [2.05, 4.69) is 130 Å². The average Bonchev–Trinajstić information content (AvgIpc) is 2.82. The molecule has 0 aromatic heterocycles. The summed E-state index contributed by atoms with van der Waals surface area (Å²) in [5, 5.41) is 13.7. The van der Waals surface area contributed by atoms with Crippen LogP contribution in [0.5, 0.6) is 0 Å². The minimum atomic E-state index is -2.69. The Morgan fingerprint density at radius 1 is 0.811 bits per heavy atom. The second-order valence-corrected chi connectivity index (χ2v) is 22.2. The molecule has 0 radical (unpaired) electrons. The van der Waals surface area contributed by atoms with Crippen LogP contribution >= 0.6 is 0 Å². The number of rotatable bonds is 14. The molecule has 2 aromatic rings. The topological polar surface area (TPSA) is 38.7 Å². The highest BCUT2D eigenvalue weighted by Crippen LogP contribution is 2.44. The smallest absolute Gasteiger partial charge is 0.261 e. The number of aliphatic hydroxyl groups is 1. The Bertz CT molecular complexity index is 874. The molecule has 0 aliphatic heterocycles. The second kappa shape index (κ2) is 13.5. The van der Waals surface area contributed by atoms with Crippen LogP contribution in [-0.2, 0) is 8.85 Å². The van der Waals surface area contributed by atoms with Gasteiger partial charge in [-0.15, -0.1) is 6.58 Å². The fourth-order valence-electron chi connectivity index (χ4n) is 6.43. The molecular formula is C32H52O3Si2. The van der Waals surface area contributed by atoms with Gasteiger partial charge in [-0.2, -0.15) is 0 Å². The summed E-state index contributed by atoms with van der Waals surface area (Å²) < 4.78 is 14.1. The predicted octanol–water partition coefficient (Wildman–Crippen LogP) is 7.45. The third-order valence-corrected chi connectivity index (χ3v) is 19.1. The molecule has 206 valence electrons. The largest absolute Gasteiger partial charge is 0.413 e. The molecule has 0 spiro atoms. The minimum absolute atomic E-state index is 0.0610. The molecule has 0 aliphatic rings. The van der Waals surface area contributed by atoms with Crippen molar-refractivity contribution in [2.24, 2.45) is 0 Å². The van der Waals surface area contributed by atoms with E-state index < -0.39 is 22.7 Å². The van der Waals surface area contributed by atoms with Crippen LogP contribution in [0.2, 0.25) is 21.7 Å². The van der Waals surface area contributed by atoms with Crippen molar-refractivity contribution in [1.29, 1.82) is 0 Å². The third-order valence-electron chi connectivity index (χ3n) is 7.95. The number of aliphatic hydroxyl groups excluding tert-OH is 1. The summed E-state index contributed by atoms with van der Waals surface area (Å²) in [5.74, 6) is 0. The standard InChI is InChI=1S/C32H52O3Si2/c1-11-18-29(35-36(25(2)3,26(4)5)27(6)7)23-28(33)24-34-37(32(8,9)10,30-19-14-12-15-20-30)31-21-16-13-17-22-31/h11-17,19-22,25-29,33H,1,18,23-24H2,2-10H3/t28-,29+/m0/s1. The highest BCUT2D eigenvalue weighted by molar-refractivity contribution is 6.99. The molecule has 1 N–H and O–H groups in total. The Labute approximate surface area is 229 Å². The molecule has 3 nitrogen and oxygen atoms in total. The van der Waals surface area contributed by atoms with E-state index in [9.17, 15) is 5.11 Å². The van der Waals surface area contributed by atoms with Gasteiger partial charge in [0.05, 0.1) is 18.8 Å². The lowest BCUT2D eigenvalue weighted by molar-refractivity contribution is 0.0498. The zero-order valence-corrected chi connectivity index (χ0v) is 26.8. The molecule has 0 bridgehead atoms. The van der Waals surface area contributed by atoms with Crippen LogP contribution in [0, 0.1) is 0 Å². The molecule has 2 rings (SSSR count). The van der Waals surface area contributed by atoms with Crippen LogP contribution in [0.1, 0.15) is 75.2 Å². The van der Waals surface area contributed by atoms with Gasteiger partial charge in [-0.05, 0) is 38.5 Å². The van der Waals surface area contributed by atoms with Gasteiger partial charge >= 0.3 is 0 Å². The SMILES string of the molecule is C=CC[C@H](C[C@H](O)CO[Si](c1ccccc1)(c1ccccc1)C(C)(C)C)O[Si](C(C)C)(C(C)C)C(C)C. The molecule has 2 atom stereocenters. The van der Waals surface area contributed by atoms with Gasteiger partial charge in [0.1, 0.15) is 0 Å². The third kappa shape index (κ3) is 7.13. The monoisotopic (exact) mass is 540 g/mol. The summed E-state index contributed by atoms with van der Waals surface area (Å²) >= 11 is 0. The van der Waals surface area contributed by atoms with Crippen molar-refractivity contribution in [3.8, 4) is 0 Å². The molecular weight excluding hydrogens is 489 g/mol. The van der Waals surface area contributed by atoms with Crippen LogP contribution in [0.4, 0.5) is 0 Å². The van der Waals surface area contributed by atoms with Crippen LogP contribution in [0.15, 0.2) is 73.3 Å². The average molecular weight is 541 g/mol. The fourth-order valence-corrected chi connectivity index (χ4v) is 16.6. The van der Waals surface area contributed by atoms with Gasteiger partial charge in [0, 0.05) is 6.42 Å². The molecule has 0 heterocycles. The predicted molar refractivity (Wildman–Crippen MR) is 165 cm³/mol. The van der Waals surface area contributed by atoms with E-state index in [0.717, 1.165) is 6.42 Å². The second-order valence-electron chi connectivity index (χ2n) is 12.4. The lowest BCUT2D eigenvalue weighted by Gasteiger charge is -2.45. The highest BCUT2D eigenvalue weighted by Gasteiger charge is 2.51. The van der Waals surface area contributed by atoms with Gasteiger partial charge in [0.2, 0.25) is 8.32 Å². The molecule has 0 amide bonds. The van der Waals surface area contributed by atoms with Gasteiger partial charge in [0.25, 0.3) is 8.32 Å². The molecule has 0 fully saturated rings. The van der Waals surface area contributed by atoms with Crippen LogP contribution < -0.4 is 10.4 Å². The van der Waals surface area contributed by atoms with Gasteiger partial charge in [0.15, 0.2) is 0 Å². The summed E-state index contributed by atoms with van der Waals surface area (Å²) in [6, 6.07) is 21.2. The fraction of sp³-hybridized carbons (Fsp3) is 0.562. The Morgan fingerprint density at radius 2 is 1.24 bits per heavy atom. The first kappa shape index (κ1) is 31.7. The zero-order valence-electron chi connectivity index (χ0n) is 24.8. The van der Waals surface area contributed by atoms with E-state index in [1.54, 1.807) is 0 Å². The van der Waals surface area contributed by atoms with Crippen molar-refractivity contribution in [1.82, 2.24) is 0 Å². The summed E-state index contributed by atoms with van der Waals surface area (Å²) in [5.41, 5.74) is 1.47. The van der Waals surface area contributed by atoms with Crippen LogP contribution in [0.25, 0.3) is 0 Å². The van der Waals surface area contributed by atoms with Gasteiger partial charge in [-0.1, -0.05) is 129 Å². The maximum absolute atomic E-state index is 11.4. The Kier molecular flexibility index (Phi) is 11.6. The summed E-state index contributed by atoms with van der Waals surface area (Å²) in [6.07, 6.45) is 2.53. The van der Waals surface area contributed by atoms with Gasteiger partial charge in [-0.3, -0.25) is 0 Å². The first-order valence-electron chi connectivity index (χ1n) is 14.0. The quantitative estimate of drug-likeness (QED) is 0.200. The number of hydrogen-bond acceptors (Lipinski definition) is 3.